The van der Waals surface area contributed by atoms with Crippen LogP contribution in [0.4, 0.5) is 0 Å². The summed E-state index contributed by atoms with van der Waals surface area (Å²) in [7, 11) is 0. The summed E-state index contributed by atoms with van der Waals surface area (Å²) in [6.45, 7) is 8.32. The van der Waals surface area contributed by atoms with Crippen molar-refractivity contribution < 1.29 is 29.0 Å². The number of aliphatic hydroxyl groups is 1. The topological polar surface area (TPSA) is 89.9 Å². The zero-order chi connectivity index (χ0) is 20.0. The summed E-state index contributed by atoms with van der Waals surface area (Å²) < 4.78 is 10.3. The van der Waals surface area contributed by atoms with Crippen LogP contribution in [-0.2, 0) is 23.9 Å². The molecule has 0 unspecified atom stereocenters. The van der Waals surface area contributed by atoms with Crippen LogP contribution < -0.4 is 0 Å². The Hall–Kier alpha value is -2.73. The van der Waals surface area contributed by atoms with E-state index in [4.69, 9.17) is 9.47 Å². The summed E-state index contributed by atoms with van der Waals surface area (Å²) >= 11 is 0. The Labute approximate surface area is 158 Å². The van der Waals surface area contributed by atoms with Gasteiger partial charge in [-0.2, -0.15) is 0 Å². The van der Waals surface area contributed by atoms with Crippen LogP contribution in [0.3, 0.4) is 0 Å². The van der Waals surface area contributed by atoms with Gasteiger partial charge in [-0.15, -0.1) is 0 Å². The van der Waals surface area contributed by atoms with Crippen LogP contribution >= 0.6 is 0 Å². The molecular weight excluding hydrogens is 348 g/mol. The monoisotopic (exact) mass is 372 g/mol. The number of ketones is 1. The fourth-order valence-electron chi connectivity index (χ4n) is 3.55. The first-order valence-corrected chi connectivity index (χ1v) is 8.68. The van der Waals surface area contributed by atoms with E-state index in [-0.39, 0.29) is 19.6 Å². The average molecular weight is 372 g/mol. The summed E-state index contributed by atoms with van der Waals surface area (Å²) in [5.41, 5.74) is -1.09. The van der Waals surface area contributed by atoms with E-state index in [0.29, 0.717) is 5.56 Å². The lowest BCUT2D eigenvalue weighted by atomic mass is 9.62. The predicted molar refractivity (Wildman–Crippen MR) is 98.7 cm³/mol. The average Bonchev–Trinajstić information content (AvgIpc) is 2.63. The van der Waals surface area contributed by atoms with E-state index in [9.17, 15) is 19.5 Å². The molecule has 27 heavy (non-hydrogen) atoms. The first-order valence-electron chi connectivity index (χ1n) is 8.68. The largest absolute Gasteiger partial charge is 0.461 e. The third-order valence-corrected chi connectivity index (χ3v) is 4.65. The molecule has 0 spiro atoms. The van der Waals surface area contributed by atoms with Crippen molar-refractivity contribution in [1.82, 2.24) is 0 Å². The molecule has 0 heterocycles. The summed E-state index contributed by atoms with van der Waals surface area (Å²) in [4.78, 5) is 38.1. The predicted octanol–water partition coefficient (Wildman–Crippen LogP) is 2.18. The Morgan fingerprint density at radius 3 is 2.26 bits per heavy atom. The van der Waals surface area contributed by atoms with Crippen LogP contribution in [0.1, 0.15) is 24.8 Å². The summed E-state index contributed by atoms with van der Waals surface area (Å²) in [6.07, 6.45) is 2.46. The molecule has 0 aromatic heterocycles. The third kappa shape index (κ3) is 4.52. The highest BCUT2D eigenvalue weighted by Crippen LogP contribution is 2.46. The molecule has 0 saturated heterocycles. The van der Waals surface area contributed by atoms with E-state index in [2.05, 4.69) is 13.2 Å². The minimum atomic E-state index is -1.66. The molecule has 1 N–H and O–H groups in total. The van der Waals surface area contributed by atoms with Gasteiger partial charge in [0.2, 0.25) is 0 Å². The Bertz CT molecular complexity index is 721. The highest BCUT2D eigenvalue weighted by molar-refractivity contribution is 6.02. The molecule has 2 rings (SSSR count). The molecule has 1 aromatic rings. The van der Waals surface area contributed by atoms with Gasteiger partial charge in [0.1, 0.15) is 19.1 Å². The first kappa shape index (κ1) is 20.6. The first-order chi connectivity index (χ1) is 12.8. The number of hydrogen-bond donors (Lipinski definition) is 1. The quantitative estimate of drug-likeness (QED) is 0.448. The normalized spacial score (nSPS) is 27.5. The number of rotatable bonds is 7. The number of hydrogen-bond acceptors (Lipinski definition) is 6. The molecule has 6 heteroatoms. The maximum Gasteiger partial charge on any atom is 0.317 e. The molecule has 0 radical (unpaired) electrons. The minimum absolute atomic E-state index is 0.0353. The maximum atomic E-state index is 12.7. The Morgan fingerprint density at radius 1 is 1.15 bits per heavy atom. The summed E-state index contributed by atoms with van der Waals surface area (Å²) in [6, 6.07) is 8.67. The highest BCUT2D eigenvalue weighted by Gasteiger charge is 2.57. The number of ether oxygens (including phenoxy) is 2. The number of Topliss-reactive ketones (excluding diaryl/α,β-unsaturated/α-hetero) is 1. The lowest BCUT2D eigenvalue weighted by molar-refractivity contribution is -0.171. The SMILES string of the molecule is C=CCOC(=O)[C@H]1C(=O)C[C@](C)(O)[C@@H](C(=O)OCC=C)[C@H]1c1ccccc1. The molecule has 1 saturated carbocycles. The molecule has 0 aliphatic heterocycles. The fourth-order valence-corrected chi connectivity index (χ4v) is 3.55. The van der Waals surface area contributed by atoms with Crippen LogP contribution in [0.15, 0.2) is 55.6 Å². The zero-order valence-electron chi connectivity index (χ0n) is 15.3. The Morgan fingerprint density at radius 2 is 1.70 bits per heavy atom. The second-order valence-corrected chi connectivity index (χ2v) is 6.73. The lowest BCUT2D eigenvalue weighted by Crippen LogP contribution is -2.55. The van der Waals surface area contributed by atoms with Crippen molar-refractivity contribution in [1.29, 1.82) is 0 Å². The van der Waals surface area contributed by atoms with Gasteiger partial charge in [0.15, 0.2) is 5.78 Å². The van der Waals surface area contributed by atoms with E-state index < -0.39 is 41.1 Å². The van der Waals surface area contributed by atoms with Gasteiger partial charge in [-0.25, -0.2) is 0 Å². The maximum absolute atomic E-state index is 12.7. The van der Waals surface area contributed by atoms with Crippen molar-refractivity contribution in [3.8, 4) is 0 Å². The number of carbonyl (C=O) groups is 3. The van der Waals surface area contributed by atoms with Crippen molar-refractivity contribution in [2.45, 2.75) is 24.9 Å². The van der Waals surface area contributed by atoms with Gasteiger partial charge < -0.3 is 14.6 Å². The minimum Gasteiger partial charge on any atom is -0.461 e. The van der Waals surface area contributed by atoms with Crippen molar-refractivity contribution in [2.75, 3.05) is 13.2 Å². The number of carbonyl (C=O) groups excluding carboxylic acids is 3. The summed E-state index contributed by atoms with van der Waals surface area (Å²) in [5.74, 6) is -5.14. The van der Waals surface area contributed by atoms with Gasteiger partial charge in [0.25, 0.3) is 0 Å². The van der Waals surface area contributed by atoms with Crippen molar-refractivity contribution in [3.05, 3.63) is 61.2 Å². The van der Waals surface area contributed by atoms with Gasteiger partial charge in [0, 0.05) is 12.3 Å². The second-order valence-electron chi connectivity index (χ2n) is 6.73. The second kappa shape index (κ2) is 8.77. The van der Waals surface area contributed by atoms with Gasteiger partial charge in [0.05, 0.1) is 11.5 Å². The molecule has 0 bridgehead atoms. The smallest absolute Gasteiger partial charge is 0.317 e. The number of benzene rings is 1. The molecule has 1 aliphatic carbocycles. The van der Waals surface area contributed by atoms with Crippen LogP contribution in [0.25, 0.3) is 0 Å². The zero-order valence-corrected chi connectivity index (χ0v) is 15.3. The van der Waals surface area contributed by atoms with Crippen molar-refractivity contribution in [3.63, 3.8) is 0 Å². The number of esters is 2. The van der Waals surface area contributed by atoms with Crippen LogP contribution in [0.5, 0.6) is 0 Å². The van der Waals surface area contributed by atoms with E-state index in [1.807, 2.05) is 0 Å². The molecule has 1 aromatic carbocycles. The van der Waals surface area contributed by atoms with E-state index in [1.54, 1.807) is 30.3 Å². The van der Waals surface area contributed by atoms with Gasteiger partial charge in [-0.3, -0.25) is 14.4 Å². The van der Waals surface area contributed by atoms with Gasteiger partial charge >= 0.3 is 11.9 Å². The molecule has 1 fully saturated rings. The third-order valence-electron chi connectivity index (χ3n) is 4.65. The van der Waals surface area contributed by atoms with Crippen LogP contribution in [-0.4, -0.2) is 41.6 Å². The van der Waals surface area contributed by atoms with E-state index >= 15 is 0 Å². The molecule has 6 nitrogen and oxygen atoms in total. The fraction of sp³-hybridized carbons (Fsp3) is 0.381. The Balaban J connectivity index is 2.53. The molecule has 144 valence electrons. The van der Waals surface area contributed by atoms with Crippen molar-refractivity contribution in [2.24, 2.45) is 11.8 Å². The highest BCUT2D eigenvalue weighted by atomic mass is 16.5. The Kier molecular flexibility index (Phi) is 6.69. The van der Waals surface area contributed by atoms with E-state index in [0.717, 1.165) is 0 Å². The van der Waals surface area contributed by atoms with Gasteiger partial charge in [-0.1, -0.05) is 55.6 Å². The standard InChI is InChI=1S/C21H24O6/c1-4-11-26-19(23)17-15(22)13-21(3,25)18(20(24)27-12-5-2)16(17)14-9-7-6-8-10-14/h4-10,16-18,25H,1-2,11-13H2,3H3/t16-,17-,18+,21-/m0/s1. The molecule has 0 amide bonds. The van der Waals surface area contributed by atoms with E-state index in [1.165, 1.54) is 19.1 Å². The summed E-state index contributed by atoms with van der Waals surface area (Å²) in [5, 5.41) is 10.9. The lowest BCUT2D eigenvalue weighted by Gasteiger charge is -2.43. The van der Waals surface area contributed by atoms with Crippen LogP contribution in [0.2, 0.25) is 0 Å². The van der Waals surface area contributed by atoms with Crippen molar-refractivity contribution >= 4 is 17.7 Å². The molecular formula is C21H24O6. The molecule has 4 atom stereocenters. The van der Waals surface area contributed by atoms with Gasteiger partial charge in [-0.05, 0) is 12.5 Å². The van der Waals surface area contributed by atoms with Crippen LogP contribution in [0, 0.1) is 11.8 Å². The molecule has 1 aliphatic rings.